The molecule has 1 fully saturated rings. The highest BCUT2D eigenvalue weighted by molar-refractivity contribution is 8.01. The van der Waals surface area contributed by atoms with Crippen molar-refractivity contribution in [3.63, 3.8) is 0 Å². The molecular formula is C15H24N2OS2. The lowest BCUT2D eigenvalue weighted by atomic mass is 9.93. The van der Waals surface area contributed by atoms with Gasteiger partial charge in [-0.3, -0.25) is 4.79 Å². The van der Waals surface area contributed by atoms with Crippen LogP contribution in [0.15, 0.2) is 9.72 Å². The maximum atomic E-state index is 12.2. The van der Waals surface area contributed by atoms with Crippen LogP contribution in [-0.4, -0.2) is 34.6 Å². The predicted molar refractivity (Wildman–Crippen MR) is 86.5 cm³/mol. The number of amides is 1. The van der Waals surface area contributed by atoms with Crippen LogP contribution in [0.2, 0.25) is 0 Å². The Balaban J connectivity index is 1.83. The maximum absolute atomic E-state index is 12.2. The minimum absolute atomic E-state index is 0.0856. The van der Waals surface area contributed by atoms with E-state index in [0.717, 1.165) is 41.9 Å². The molecule has 0 unspecified atom stereocenters. The molecule has 1 aromatic rings. The largest absolute Gasteiger partial charge is 0.342 e. The number of likely N-dealkylation sites (tertiary alicyclic amines) is 1. The summed E-state index contributed by atoms with van der Waals surface area (Å²) in [5.74, 6) is 1.54. The van der Waals surface area contributed by atoms with Gasteiger partial charge in [-0.1, -0.05) is 39.5 Å². The molecule has 0 N–H and O–H groups in total. The number of hydrogen-bond donors (Lipinski definition) is 0. The van der Waals surface area contributed by atoms with E-state index in [2.05, 4.69) is 38.1 Å². The normalized spacial score (nSPS) is 17.5. The smallest absolute Gasteiger partial charge is 0.233 e. The Labute approximate surface area is 130 Å². The molecule has 1 aliphatic rings. The number of thiazole rings is 1. The molecule has 2 rings (SSSR count). The Bertz CT molecular complexity index is 457. The summed E-state index contributed by atoms with van der Waals surface area (Å²) >= 11 is 3.22. The molecule has 3 nitrogen and oxygen atoms in total. The summed E-state index contributed by atoms with van der Waals surface area (Å²) in [6, 6.07) is 0. The third-order valence-electron chi connectivity index (χ3n) is 3.71. The van der Waals surface area contributed by atoms with Crippen LogP contribution in [-0.2, 0) is 10.2 Å². The maximum Gasteiger partial charge on any atom is 0.233 e. The number of rotatable bonds is 3. The molecule has 1 aliphatic heterocycles. The SMILES string of the molecule is CC1CCN(C(=O)CSc2nc(C(C)(C)C)cs2)CC1. The standard InChI is InChI=1S/C15H24N2OS2/c1-11-5-7-17(8-6-11)13(18)10-20-14-16-12(9-19-14)15(2,3)4/h9,11H,5-8,10H2,1-4H3. The minimum atomic E-state index is 0.0856. The van der Waals surface area contributed by atoms with Gasteiger partial charge in [0.15, 0.2) is 4.34 Å². The van der Waals surface area contributed by atoms with E-state index in [9.17, 15) is 4.79 Å². The van der Waals surface area contributed by atoms with E-state index in [1.165, 1.54) is 0 Å². The van der Waals surface area contributed by atoms with Gasteiger partial charge in [0.1, 0.15) is 0 Å². The van der Waals surface area contributed by atoms with E-state index in [0.29, 0.717) is 5.75 Å². The van der Waals surface area contributed by atoms with E-state index in [1.54, 1.807) is 23.1 Å². The molecule has 5 heteroatoms. The van der Waals surface area contributed by atoms with Crippen LogP contribution in [0.3, 0.4) is 0 Å². The molecule has 1 amide bonds. The van der Waals surface area contributed by atoms with Gasteiger partial charge in [-0.15, -0.1) is 11.3 Å². The lowest BCUT2D eigenvalue weighted by Crippen LogP contribution is -2.38. The Morgan fingerprint density at radius 1 is 1.45 bits per heavy atom. The summed E-state index contributed by atoms with van der Waals surface area (Å²) in [6.07, 6.45) is 2.28. The van der Waals surface area contributed by atoms with Crippen LogP contribution in [0.5, 0.6) is 0 Å². The summed E-state index contributed by atoms with van der Waals surface area (Å²) in [5.41, 5.74) is 1.20. The van der Waals surface area contributed by atoms with Crippen molar-refractivity contribution < 1.29 is 4.79 Å². The van der Waals surface area contributed by atoms with Gasteiger partial charge in [0, 0.05) is 23.9 Å². The first-order valence-corrected chi connectivity index (χ1v) is 9.09. The highest BCUT2D eigenvalue weighted by Gasteiger charge is 2.21. The molecule has 112 valence electrons. The number of carbonyl (C=O) groups excluding carboxylic acids is 1. The van der Waals surface area contributed by atoms with E-state index in [4.69, 9.17) is 0 Å². The van der Waals surface area contributed by atoms with E-state index in [-0.39, 0.29) is 11.3 Å². The summed E-state index contributed by atoms with van der Waals surface area (Å²) in [7, 11) is 0. The average Bonchev–Trinajstić information content (AvgIpc) is 2.85. The van der Waals surface area contributed by atoms with E-state index in [1.807, 2.05) is 4.90 Å². The van der Waals surface area contributed by atoms with Gasteiger partial charge in [0.25, 0.3) is 0 Å². The van der Waals surface area contributed by atoms with Crippen molar-refractivity contribution in [1.82, 2.24) is 9.88 Å². The van der Waals surface area contributed by atoms with Gasteiger partial charge >= 0.3 is 0 Å². The number of aromatic nitrogens is 1. The molecule has 2 heterocycles. The van der Waals surface area contributed by atoms with Crippen LogP contribution in [0, 0.1) is 5.92 Å². The van der Waals surface area contributed by atoms with Crippen molar-refractivity contribution >= 4 is 29.0 Å². The number of thioether (sulfide) groups is 1. The second kappa shape index (κ2) is 6.48. The van der Waals surface area contributed by atoms with Crippen LogP contribution >= 0.6 is 23.1 Å². The molecule has 0 bridgehead atoms. The van der Waals surface area contributed by atoms with Crippen molar-refractivity contribution in [2.75, 3.05) is 18.8 Å². The molecule has 0 atom stereocenters. The summed E-state index contributed by atoms with van der Waals surface area (Å²) < 4.78 is 1.01. The first kappa shape index (κ1) is 15.8. The summed E-state index contributed by atoms with van der Waals surface area (Å²) in [6.45, 7) is 10.6. The topological polar surface area (TPSA) is 33.2 Å². The first-order chi connectivity index (χ1) is 9.36. The fourth-order valence-corrected chi connectivity index (χ4v) is 4.10. The van der Waals surface area contributed by atoms with Crippen molar-refractivity contribution in [2.45, 2.75) is 50.3 Å². The lowest BCUT2D eigenvalue weighted by molar-refractivity contribution is -0.129. The molecule has 0 aliphatic carbocycles. The summed E-state index contributed by atoms with van der Waals surface area (Å²) in [5, 5.41) is 2.11. The highest BCUT2D eigenvalue weighted by Crippen LogP contribution is 2.29. The molecular weight excluding hydrogens is 288 g/mol. The average molecular weight is 313 g/mol. The number of carbonyl (C=O) groups is 1. The van der Waals surface area contributed by atoms with Crippen molar-refractivity contribution in [1.29, 1.82) is 0 Å². The lowest BCUT2D eigenvalue weighted by Gasteiger charge is -2.30. The van der Waals surface area contributed by atoms with Crippen molar-refractivity contribution in [3.05, 3.63) is 11.1 Å². The van der Waals surface area contributed by atoms with E-state index < -0.39 is 0 Å². The quantitative estimate of drug-likeness (QED) is 0.796. The number of nitrogens with zero attached hydrogens (tertiary/aromatic N) is 2. The Morgan fingerprint density at radius 3 is 2.65 bits per heavy atom. The van der Waals surface area contributed by atoms with Gasteiger partial charge in [0.05, 0.1) is 11.4 Å². The fourth-order valence-electron chi connectivity index (χ4n) is 2.14. The monoisotopic (exact) mass is 312 g/mol. The third kappa shape index (κ3) is 4.22. The number of piperidine rings is 1. The highest BCUT2D eigenvalue weighted by atomic mass is 32.2. The van der Waals surface area contributed by atoms with Gasteiger partial charge in [0.2, 0.25) is 5.91 Å². The zero-order valence-corrected chi connectivity index (χ0v) is 14.4. The zero-order chi connectivity index (χ0) is 14.8. The minimum Gasteiger partial charge on any atom is -0.342 e. The molecule has 1 saturated heterocycles. The predicted octanol–water partition coefficient (Wildman–Crippen LogP) is 3.79. The second-order valence-electron chi connectivity index (χ2n) is 6.60. The Morgan fingerprint density at radius 2 is 2.10 bits per heavy atom. The van der Waals surface area contributed by atoms with Crippen LogP contribution in [0.1, 0.15) is 46.2 Å². The van der Waals surface area contributed by atoms with Crippen LogP contribution in [0.4, 0.5) is 0 Å². The van der Waals surface area contributed by atoms with Crippen molar-refractivity contribution in [2.24, 2.45) is 5.92 Å². The van der Waals surface area contributed by atoms with Crippen molar-refractivity contribution in [3.8, 4) is 0 Å². The van der Waals surface area contributed by atoms with Gasteiger partial charge in [-0.2, -0.15) is 0 Å². The van der Waals surface area contributed by atoms with E-state index >= 15 is 0 Å². The molecule has 0 radical (unpaired) electrons. The van der Waals surface area contributed by atoms with Gasteiger partial charge < -0.3 is 4.90 Å². The van der Waals surface area contributed by atoms with Gasteiger partial charge in [-0.25, -0.2) is 4.98 Å². The number of hydrogen-bond acceptors (Lipinski definition) is 4. The second-order valence-corrected chi connectivity index (χ2v) is 8.68. The fraction of sp³-hybridized carbons (Fsp3) is 0.733. The molecule has 0 saturated carbocycles. The zero-order valence-electron chi connectivity index (χ0n) is 12.8. The van der Waals surface area contributed by atoms with Crippen LogP contribution < -0.4 is 0 Å². The van der Waals surface area contributed by atoms with Gasteiger partial charge in [-0.05, 0) is 18.8 Å². The molecule has 0 spiro atoms. The third-order valence-corrected chi connectivity index (χ3v) is 5.71. The molecule has 20 heavy (non-hydrogen) atoms. The first-order valence-electron chi connectivity index (χ1n) is 7.23. The molecule has 1 aromatic heterocycles. The Hall–Kier alpha value is -0.550. The summed E-state index contributed by atoms with van der Waals surface area (Å²) in [4.78, 5) is 18.8. The Kier molecular flexibility index (Phi) is 5.13. The molecule has 0 aromatic carbocycles. The van der Waals surface area contributed by atoms with Crippen LogP contribution in [0.25, 0.3) is 0 Å².